The van der Waals surface area contributed by atoms with Crippen molar-refractivity contribution < 1.29 is 14.3 Å². The number of amides is 2. The highest BCUT2D eigenvalue weighted by atomic mass is 16.6. The zero-order chi connectivity index (χ0) is 17.4. The SMILES string of the molecule is Cc1ccc(C(=O)N2CCC3(CC2)OC(=O)Nc2ccccc23)cc1. The molecule has 1 N–H and O–H groups in total. The summed E-state index contributed by atoms with van der Waals surface area (Å²) in [7, 11) is 0. The number of benzene rings is 2. The van der Waals surface area contributed by atoms with E-state index in [2.05, 4.69) is 5.32 Å². The molecule has 0 radical (unpaired) electrons. The van der Waals surface area contributed by atoms with E-state index in [1.54, 1.807) is 0 Å². The molecule has 2 aromatic carbocycles. The molecule has 4 rings (SSSR count). The van der Waals surface area contributed by atoms with E-state index in [9.17, 15) is 9.59 Å². The van der Waals surface area contributed by atoms with Crippen LogP contribution in [0.1, 0.15) is 34.3 Å². The molecule has 1 saturated heterocycles. The number of hydrogen-bond donors (Lipinski definition) is 1. The highest BCUT2D eigenvalue weighted by molar-refractivity contribution is 5.94. The lowest BCUT2D eigenvalue weighted by Crippen LogP contribution is -2.49. The molecule has 0 aliphatic carbocycles. The number of carbonyl (C=O) groups excluding carboxylic acids is 2. The second kappa shape index (κ2) is 5.92. The fourth-order valence-electron chi connectivity index (χ4n) is 3.68. The van der Waals surface area contributed by atoms with Crippen LogP contribution < -0.4 is 5.32 Å². The molecule has 25 heavy (non-hydrogen) atoms. The van der Waals surface area contributed by atoms with Crippen molar-refractivity contribution in [2.24, 2.45) is 0 Å². The molecule has 0 atom stereocenters. The first-order valence-electron chi connectivity index (χ1n) is 8.53. The molecule has 2 aliphatic rings. The zero-order valence-corrected chi connectivity index (χ0v) is 14.1. The Morgan fingerprint density at radius 2 is 1.76 bits per heavy atom. The van der Waals surface area contributed by atoms with E-state index in [0.29, 0.717) is 31.5 Å². The molecule has 0 unspecified atom stereocenters. The number of aryl methyl sites for hydroxylation is 1. The summed E-state index contributed by atoms with van der Waals surface area (Å²) >= 11 is 0. The summed E-state index contributed by atoms with van der Waals surface area (Å²) in [5.41, 5.74) is 2.99. The second-order valence-corrected chi connectivity index (χ2v) is 6.71. The van der Waals surface area contributed by atoms with Gasteiger partial charge in [0.15, 0.2) is 0 Å². The van der Waals surface area contributed by atoms with Crippen LogP contribution in [0.5, 0.6) is 0 Å². The summed E-state index contributed by atoms with van der Waals surface area (Å²) < 4.78 is 5.70. The van der Waals surface area contributed by atoms with Gasteiger partial charge in [0.05, 0.1) is 5.69 Å². The minimum absolute atomic E-state index is 0.0309. The Labute approximate surface area is 146 Å². The van der Waals surface area contributed by atoms with Crippen LogP contribution >= 0.6 is 0 Å². The van der Waals surface area contributed by atoms with Gasteiger partial charge >= 0.3 is 6.09 Å². The highest BCUT2D eigenvalue weighted by Crippen LogP contribution is 2.43. The smallest absolute Gasteiger partial charge is 0.412 e. The molecule has 5 heteroatoms. The van der Waals surface area contributed by atoms with Gasteiger partial charge in [0.2, 0.25) is 0 Å². The summed E-state index contributed by atoms with van der Waals surface area (Å²) in [5, 5.41) is 2.75. The van der Waals surface area contributed by atoms with E-state index in [0.717, 1.165) is 16.8 Å². The number of para-hydroxylation sites is 1. The number of likely N-dealkylation sites (tertiary alicyclic amines) is 1. The fourth-order valence-corrected chi connectivity index (χ4v) is 3.68. The number of nitrogens with one attached hydrogen (secondary N) is 1. The Bertz CT molecular complexity index is 821. The number of anilines is 1. The lowest BCUT2D eigenvalue weighted by atomic mass is 9.82. The minimum Gasteiger partial charge on any atom is -0.438 e. The monoisotopic (exact) mass is 336 g/mol. The molecular weight excluding hydrogens is 316 g/mol. The fraction of sp³-hybridized carbons (Fsp3) is 0.300. The van der Waals surface area contributed by atoms with Gasteiger partial charge in [0.25, 0.3) is 5.91 Å². The molecule has 2 aromatic rings. The Kier molecular flexibility index (Phi) is 3.71. The number of carbonyl (C=O) groups is 2. The molecule has 0 saturated carbocycles. The third-order valence-corrected chi connectivity index (χ3v) is 5.10. The normalized spacial score (nSPS) is 18.3. The zero-order valence-electron chi connectivity index (χ0n) is 14.1. The number of ether oxygens (including phenoxy) is 1. The van der Waals surface area contributed by atoms with Crippen LogP contribution in [0.3, 0.4) is 0 Å². The van der Waals surface area contributed by atoms with Gasteiger partial charge in [0.1, 0.15) is 5.60 Å². The average Bonchev–Trinajstić information content (AvgIpc) is 2.62. The van der Waals surface area contributed by atoms with Crippen molar-refractivity contribution in [1.29, 1.82) is 0 Å². The van der Waals surface area contributed by atoms with Crippen LogP contribution in [0.4, 0.5) is 10.5 Å². The predicted molar refractivity (Wildman–Crippen MR) is 94.5 cm³/mol. The maximum atomic E-state index is 12.7. The Balaban J connectivity index is 1.54. The van der Waals surface area contributed by atoms with Crippen LogP contribution in [0, 0.1) is 6.92 Å². The highest BCUT2D eigenvalue weighted by Gasteiger charge is 2.45. The number of nitrogens with zero attached hydrogens (tertiary/aromatic N) is 1. The minimum atomic E-state index is -0.636. The first kappa shape index (κ1) is 15.7. The van der Waals surface area contributed by atoms with E-state index >= 15 is 0 Å². The Morgan fingerprint density at radius 1 is 1.08 bits per heavy atom. The number of rotatable bonds is 1. The molecule has 2 amide bonds. The van der Waals surface area contributed by atoms with Crippen molar-refractivity contribution in [3.05, 3.63) is 65.2 Å². The van der Waals surface area contributed by atoms with Crippen LogP contribution in [-0.4, -0.2) is 30.0 Å². The summed E-state index contributed by atoms with van der Waals surface area (Å²) in [6, 6.07) is 15.4. The van der Waals surface area contributed by atoms with Gasteiger partial charge in [-0.15, -0.1) is 0 Å². The van der Waals surface area contributed by atoms with E-state index in [1.807, 2.05) is 60.4 Å². The van der Waals surface area contributed by atoms with Crippen molar-refractivity contribution in [1.82, 2.24) is 4.90 Å². The second-order valence-electron chi connectivity index (χ2n) is 6.71. The number of hydrogen-bond acceptors (Lipinski definition) is 3. The molecule has 128 valence electrons. The largest absolute Gasteiger partial charge is 0.438 e. The third kappa shape index (κ3) is 2.76. The Morgan fingerprint density at radius 3 is 2.48 bits per heavy atom. The molecule has 0 bridgehead atoms. The van der Waals surface area contributed by atoms with Crippen LogP contribution in [0.2, 0.25) is 0 Å². The van der Waals surface area contributed by atoms with Gasteiger partial charge in [0, 0.05) is 37.1 Å². The summed E-state index contributed by atoms with van der Waals surface area (Å²) in [6.45, 7) is 3.13. The van der Waals surface area contributed by atoms with E-state index in [4.69, 9.17) is 4.74 Å². The lowest BCUT2D eigenvalue weighted by Gasteiger charge is -2.44. The summed E-state index contributed by atoms with van der Waals surface area (Å²) in [5.74, 6) is 0.0309. The van der Waals surface area contributed by atoms with Crippen LogP contribution in [0.25, 0.3) is 0 Å². The third-order valence-electron chi connectivity index (χ3n) is 5.10. The first-order valence-corrected chi connectivity index (χ1v) is 8.53. The first-order chi connectivity index (χ1) is 12.1. The molecule has 2 aliphatic heterocycles. The van der Waals surface area contributed by atoms with Crippen molar-refractivity contribution in [3.63, 3.8) is 0 Å². The maximum Gasteiger partial charge on any atom is 0.412 e. The van der Waals surface area contributed by atoms with E-state index in [1.165, 1.54) is 0 Å². The van der Waals surface area contributed by atoms with Crippen LogP contribution in [0.15, 0.2) is 48.5 Å². The standard InChI is InChI=1S/C20H20N2O3/c1-14-6-8-15(9-7-14)18(23)22-12-10-20(11-13-22)16-4-2-3-5-17(16)21-19(24)25-20/h2-9H,10-13H2,1H3,(H,21,24). The van der Waals surface area contributed by atoms with Gasteiger partial charge in [-0.05, 0) is 25.1 Å². The predicted octanol–water partition coefficient (Wildman–Crippen LogP) is 3.69. The summed E-state index contributed by atoms with van der Waals surface area (Å²) in [6.07, 6.45) is 0.793. The van der Waals surface area contributed by atoms with Crippen molar-refractivity contribution in [2.45, 2.75) is 25.4 Å². The van der Waals surface area contributed by atoms with Gasteiger partial charge in [-0.1, -0.05) is 35.9 Å². The molecule has 0 aromatic heterocycles. The Hall–Kier alpha value is -2.82. The van der Waals surface area contributed by atoms with Crippen LogP contribution in [-0.2, 0) is 10.3 Å². The topological polar surface area (TPSA) is 58.6 Å². The quantitative estimate of drug-likeness (QED) is 0.864. The van der Waals surface area contributed by atoms with Crippen molar-refractivity contribution in [3.8, 4) is 0 Å². The average molecular weight is 336 g/mol. The van der Waals surface area contributed by atoms with Gasteiger partial charge in [-0.3, -0.25) is 10.1 Å². The number of piperidine rings is 1. The molecule has 2 heterocycles. The maximum absolute atomic E-state index is 12.7. The molecule has 1 fully saturated rings. The summed E-state index contributed by atoms with van der Waals surface area (Å²) in [4.78, 5) is 26.5. The lowest BCUT2D eigenvalue weighted by molar-refractivity contribution is -0.0331. The van der Waals surface area contributed by atoms with Gasteiger partial charge in [-0.2, -0.15) is 0 Å². The number of fused-ring (bicyclic) bond motifs is 2. The van der Waals surface area contributed by atoms with Crippen molar-refractivity contribution >= 4 is 17.7 Å². The molecule has 5 nitrogen and oxygen atoms in total. The van der Waals surface area contributed by atoms with E-state index in [-0.39, 0.29) is 5.91 Å². The van der Waals surface area contributed by atoms with Gasteiger partial charge < -0.3 is 9.64 Å². The molecular formula is C20H20N2O3. The van der Waals surface area contributed by atoms with Gasteiger partial charge in [-0.25, -0.2) is 4.79 Å². The van der Waals surface area contributed by atoms with Crippen molar-refractivity contribution in [2.75, 3.05) is 18.4 Å². The van der Waals surface area contributed by atoms with E-state index < -0.39 is 11.7 Å². The molecule has 1 spiro atoms.